The van der Waals surface area contributed by atoms with E-state index in [2.05, 4.69) is 5.32 Å². The maximum absolute atomic E-state index is 11.2. The first kappa shape index (κ1) is 11.6. The number of methoxy groups -OCH3 is 2. The minimum Gasteiger partial charge on any atom is -0.496 e. The van der Waals surface area contributed by atoms with Crippen molar-refractivity contribution in [1.29, 1.82) is 0 Å². The van der Waals surface area contributed by atoms with Gasteiger partial charge in [-0.25, -0.2) is 4.79 Å². The summed E-state index contributed by atoms with van der Waals surface area (Å²) in [7, 11) is 3.19. The molecule has 0 spiro atoms. The molecule has 5 nitrogen and oxygen atoms in total. The summed E-state index contributed by atoms with van der Waals surface area (Å²) < 4.78 is 15.5. The van der Waals surface area contributed by atoms with Crippen LogP contribution < -0.4 is 14.8 Å². The van der Waals surface area contributed by atoms with E-state index in [0.717, 1.165) is 5.56 Å². The molecule has 1 heterocycles. The summed E-state index contributed by atoms with van der Waals surface area (Å²) in [4.78, 5) is 11.2. The van der Waals surface area contributed by atoms with E-state index < -0.39 is 6.09 Å². The normalized spacial score (nSPS) is 19.2. The number of carbonyl (C=O) groups is 1. The summed E-state index contributed by atoms with van der Waals surface area (Å²) >= 11 is 0. The molecule has 0 unspecified atom stereocenters. The van der Waals surface area contributed by atoms with Crippen molar-refractivity contribution in [2.24, 2.45) is 0 Å². The van der Waals surface area contributed by atoms with Gasteiger partial charge >= 0.3 is 6.09 Å². The lowest BCUT2D eigenvalue weighted by Gasteiger charge is -2.26. The second-order valence-electron chi connectivity index (χ2n) is 3.70. The molecule has 2 rings (SSSR count). The third-order valence-corrected chi connectivity index (χ3v) is 2.75. The number of benzene rings is 1. The molecular weight excluding hydrogens is 222 g/mol. The predicted octanol–water partition coefficient (Wildman–Crippen LogP) is 1.87. The van der Waals surface area contributed by atoms with Crippen molar-refractivity contribution in [3.8, 4) is 11.5 Å². The first-order valence-corrected chi connectivity index (χ1v) is 5.40. The zero-order valence-electron chi connectivity index (χ0n) is 9.86. The highest BCUT2D eigenvalue weighted by molar-refractivity contribution is 5.69. The molecule has 1 aromatic carbocycles. The van der Waals surface area contributed by atoms with Crippen molar-refractivity contribution in [3.05, 3.63) is 23.8 Å². The van der Waals surface area contributed by atoms with Crippen LogP contribution in [-0.4, -0.2) is 26.9 Å². The molecule has 0 bridgehead atoms. The number of carbonyl (C=O) groups excluding carboxylic acids is 1. The first-order chi connectivity index (χ1) is 8.26. The van der Waals surface area contributed by atoms with Gasteiger partial charge in [-0.3, -0.25) is 0 Å². The highest BCUT2D eigenvalue weighted by atomic mass is 16.6. The molecule has 1 atom stereocenters. The number of nitrogens with one attached hydrogen (secondary N) is 1. The number of alkyl carbamates (subject to hydrolysis) is 1. The standard InChI is InChI=1S/C12H15NO4/c1-15-9-4-3-5-10(16-2)11(9)8-6-7-17-12(14)13-8/h3-5,8H,6-7H2,1-2H3,(H,13,14)/t8-/m0/s1. The molecule has 1 N–H and O–H groups in total. The SMILES string of the molecule is COc1cccc(OC)c1[C@@H]1CCOC(=O)N1. The lowest BCUT2D eigenvalue weighted by Crippen LogP contribution is -2.35. The van der Waals surface area contributed by atoms with Crippen molar-refractivity contribution in [2.45, 2.75) is 12.5 Å². The molecule has 0 radical (unpaired) electrons. The topological polar surface area (TPSA) is 56.8 Å². The van der Waals surface area contributed by atoms with Gasteiger partial charge in [0.2, 0.25) is 0 Å². The summed E-state index contributed by atoms with van der Waals surface area (Å²) in [5, 5.41) is 2.76. The van der Waals surface area contributed by atoms with Gasteiger partial charge in [-0.05, 0) is 12.1 Å². The van der Waals surface area contributed by atoms with Crippen LogP contribution in [0.5, 0.6) is 11.5 Å². The van der Waals surface area contributed by atoms with E-state index in [1.165, 1.54) is 0 Å². The largest absolute Gasteiger partial charge is 0.496 e. The zero-order chi connectivity index (χ0) is 12.3. The molecule has 0 aliphatic carbocycles. The van der Waals surface area contributed by atoms with Gasteiger partial charge in [0.25, 0.3) is 0 Å². The fourth-order valence-electron chi connectivity index (χ4n) is 1.97. The number of hydrogen-bond acceptors (Lipinski definition) is 4. The monoisotopic (exact) mass is 237 g/mol. The molecule has 1 fully saturated rings. The average molecular weight is 237 g/mol. The lowest BCUT2D eigenvalue weighted by atomic mass is 10.0. The van der Waals surface area contributed by atoms with Crippen molar-refractivity contribution < 1.29 is 19.0 Å². The smallest absolute Gasteiger partial charge is 0.407 e. The van der Waals surface area contributed by atoms with Gasteiger partial charge < -0.3 is 19.5 Å². The van der Waals surface area contributed by atoms with Gasteiger partial charge in [-0.1, -0.05) is 6.07 Å². The Morgan fingerprint density at radius 2 is 1.94 bits per heavy atom. The summed E-state index contributed by atoms with van der Waals surface area (Å²) in [6, 6.07) is 5.41. The Balaban J connectivity index is 2.37. The third-order valence-electron chi connectivity index (χ3n) is 2.75. The van der Waals surface area contributed by atoms with Crippen LogP contribution in [0.15, 0.2) is 18.2 Å². The Hall–Kier alpha value is -1.91. The lowest BCUT2D eigenvalue weighted by molar-refractivity contribution is 0.114. The maximum Gasteiger partial charge on any atom is 0.407 e. The van der Waals surface area contributed by atoms with E-state index in [4.69, 9.17) is 14.2 Å². The second kappa shape index (κ2) is 4.95. The van der Waals surface area contributed by atoms with E-state index in [1.54, 1.807) is 14.2 Å². The van der Waals surface area contributed by atoms with Crippen molar-refractivity contribution >= 4 is 6.09 Å². The van der Waals surface area contributed by atoms with Gasteiger partial charge in [0.15, 0.2) is 0 Å². The number of amides is 1. The van der Waals surface area contributed by atoms with Crippen LogP contribution in [0.4, 0.5) is 4.79 Å². The average Bonchev–Trinajstić information content (AvgIpc) is 2.37. The van der Waals surface area contributed by atoms with Crippen LogP contribution in [0.25, 0.3) is 0 Å². The number of rotatable bonds is 3. The van der Waals surface area contributed by atoms with Gasteiger partial charge in [-0.15, -0.1) is 0 Å². The Labute approximate surface area is 99.7 Å². The maximum atomic E-state index is 11.2. The van der Waals surface area contributed by atoms with E-state index in [-0.39, 0.29) is 6.04 Å². The Bertz CT molecular complexity index is 397. The van der Waals surface area contributed by atoms with Crippen LogP contribution in [0.2, 0.25) is 0 Å². The number of ether oxygens (including phenoxy) is 3. The number of hydrogen-bond donors (Lipinski definition) is 1. The molecule has 1 aliphatic rings. The van der Waals surface area contributed by atoms with Gasteiger partial charge in [0, 0.05) is 6.42 Å². The highest BCUT2D eigenvalue weighted by Crippen LogP contribution is 2.36. The first-order valence-electron chi connectivity index (χ1n) is 5.40. The summed E-state index contributed by atoms with van der Waals surface area (Å²) in [6.45, 7) is 0.400. The van der Waals surface area contributed by atoms with E-state index >= 15 is 0 Å². The van der Waals surface area contributed by atoms with E-state index in [9.17, 15) is 4.79 Å². The molecule has 0 saturated carbocycles. The van der Waals surface area contributed by atoms with Crippen molar-refractivity contribution in [1.82, 2.24) is 5.32 Å². The molecule has 1 aliphatic heterocycles. The summed E-state index contributed by atoms with van der Waals surface area (Å²) in [5.41, 5.74) is 0.856. The summed E-state index contributed by atoms with van der Waals surface area (Å²) in [6.07, 6.45) is 0.289. The van der Waals surface area contributed by atoms with Crippen molar-refractivity contribution in [3.63, 3.8) is 0 Å². The Kier molecular flexibility index (Phi) is 3.37. The molecule has 17 heavy (non-hydrogen) atoms. The van der Waals surface area contributed by atoms with Gasteiger partial charge in [0.1, 0.15) is 11.5 Å². The van der Waals surface area contributed by atoms with E-state index in [1.807, 2.05) is 18.2 Å². The van der Waals surface area contributed by atoms with Crippen LogP contribution >= 0.6 is 0 Å². The van der Waals surface area contributed by atoms with Crippen LogP contribution in [-0.2, 0) is 4.74 Å². The molecule has 1 aromatic rings. The van der Waals surface area contributed by atoms with Crippen molar-refractivity contribution in [2.75, 3.05) is 20.8 Å². The van der Waals surface area contributed by atoms with Crippen LogP contribution in [0.1, 0.15) is 18.0 Å². The fourth-order valence-corrected chi connectivity index (χ4v) is 1.97. The Morgan fingerprint density at radius 1 is 1.29 bits per heavy atom. The molecule has 1 amide bonds. The van der Waals surface area contributed by atoms with E-state index in [0.29, 0.717) is 24.5 Å². The molecule has 1 saturated heterocycles. The molecule has 0 aromatic heterocycles. The zero-order valence-corrected chi connectivity index (χ0v) is 9.86. The minimum absolute atomic E-state index is 0.137. The Morgan fingerprint density at radius 3 is 2.47 bits per heavy atom. The quantitative estimate of drug-likeness (QED) is 0.872. The molecular formula is C12H15NO4. The fraction of sp³-hybridized carbons (Fsp3) is 0.417. The minimum atomic E-state index is -0.408. The predicted molar refractivity (Wildman–Crippen MR) is 61.4 cm³/mol. The summed E-state index contributed by atoms with van der Waals surface area (Å²) in [5.74, 6) is 1.41. The second-order valence-corrected chi connectivity index (χ2v) is 3.70. The molecule has 92 valence electrons. The van der Waals surface area contributed by atoms with Crippen LogP contribution in [0, 0.1) is 0 Å². The third kappa shape index (κ3) is 2.27. The van der Waals surface area contributed by atoms with Crippen LogP contribution in [0.3, 0.4) is 0 Å². The van der Waals surface area contributed by atoms with Gasteiger partial charge in [-0.2, -0.15) is 0 Å². The number of cyclic esters (lactones) is 1. The highest BCUT2D eigenvalue weighted by Gasteiger charge is 2.26. The molecule has 5 heteroatoms. The van der Waals surface area contributed by atoms with Gasteiger partial charge in [0.05, 0.1) is 32.4 Å².